The van der Waals surface area contributed by atoms with Crippen molar-refractivity contribution in [2.45, 2.75) is 6.42 Å². The summed E-state index contributed by atoms with van der Waals surface area (Å²) in [6, 6.07) is 12.6. The van der Waals surface area contributed by atoms with Gasteiger partial charge in [-0.1, -0.05) is 18.2 Å². The number of methoxy groups -OCH3 is 2. The van der Waals surface area contributed by atoms with Crippen LogP contribution in [0.5, 0.6) is 11.5 Å². The molecule has 0 bridgehead atoms. The number of carbonyl (C=O) groups is 3. The van der Waals surface area contributed by atoms with Gasteiger partial charge in [0.25, 0.3) is 17.1 Å². The van der Waals surface area contributed by atoms with E-state index < -0.39 is 0 Å². The molecule has 1 aliphatic heterocycles. The van der Waals surface area contributed by atoms with Gasteiger partial charge in [0.1, 0.15) is 0 Å². The Hall–Kier alpha value is -2.57. The molecule has 0 aliphatic carbocycles. The van der Waals surface area contributed by atoms with Gasteiger partial charge in [0.05, 0.1) is 15.6 Å². The molecule has 8 nitrogen and oxygen atoms in total. The van der Waals surface area contributed by atoms with Gasteiger partial charge in [0.2, 0.25) is 0 Å². The number of para-hydroxylation sites is 1. The van der Waals surface area contributed by atoms with Gasteiger partial charge in [0.15, 0.2) is 18.1 Å². The summed E-state index contributed by atoms with van der Waals surface area (Å²) in [5, 5.41) is 2.46. The topological polar surface area (TPSA) is 94.2 Å². The van der Waals surface area contributed by atoms with E-state index in [4.69, 9.17) is 14.2 Å². The second-order valence-corrected chi connectivity index (χ2v) is 9.07. The minimum absolute atomic E-state index is 0.193. The van der Waals surface area contributed by atoms with Crippen molar-refractivity contribution in [3.8, 4) is 11.5 Å². The third-order valence-corrected chi connectivity index (χ3v) is 6.27. The summed E-state index contributed by atoms with van der Waals surface area (Å²) in [4.78, 5) is 38.6. The van der Waals surface area contributed by atoms with Crippen molar-refractivity contribution in [3.63, 3.8) is 0 Å². The molecule has 3 rings (SSSR count). The zero-order valence-electron chi connectivity index (χ0n) is 18.1. The quantitative estimate of drug-likeness (QED) is 0.252. The lowest BCUT2D eigenvalue weighted by molar-refractivity contribution is -0.123. The summed E-state index contributed by atoms with van der Waals surface area (Å²) >= 11 is 2.98. The third kappa shape index (κ3) is 6.71. The number of amides is 3. The Morgan fingerprint density at radius 2 is 1.94 bits per heavy atom. The number of imide groups is 1. The molecule has 1 aliphatic rings. The highest BCUT2D eigenvalue weighted by Gasteiger charge is 2.34. The van der Waals surface area contributed by atoms with Crippen LogP contribution in [0.25, 0.3) is 6.08 Å². The smallest absolute Gasteiger partial charge is 0.293 e. The number of nitrogens with one attached hydrogen (secondary N) is 1. The van der Waals surface area contributed by atoms with Crippen molar-refractivity contribution in [2.75, 3.05) is 39.3 Å². The number of halogens is 1. The molecule has 1 fully saturated rings. The minimum atomic E-state index is -0.326. The van der Waals surface area contributed by atoms with Crippen molar-refractivity contribution in [3.05, 3.63) is 56.5 Å². The summed E-state index contributed by atoms with van der Waals surface area (Å²) in [6.45, 7) is 0.594. The molecule has 1 N–H and O–H groups in total. The molecule has 2 aromatic carbocycles. The molecule has 0 spiro atoms. The Kier molecular flexibility index (Phi) is 9.15. The molecule has 2 aromatic rings. The first-order valence-electron chi connectivity index (χ1n) is 10.0. The van der Waals surface area contributed by atoms with E-state index in [2.05, 4.69) is 27.9 Å². The number of hydrogen-bond acceptors (Lipinski definition) is 7. The first-order valence-corrected chi connectivity index (χ1v) is 11.9. The van der Waals surface area contributed by atoms with Gasteiger partial charge in [-0.2, -0.15) is 0 Å². The van der Waals surface area contributed by atoms with Gasteiger partial charge in [-0.05, 0) is 76.7 Å². The van der Waals surface area contributed by atoms with E-state index in [0.717, 1.165) is 11.8 Å². The van der Waals surface area contributed by atoms with Gasteiger partial charge >= 0.3 is 0 Å². The van der Waals surface area contributed by atoms with E-state index in [0.29, 0.717) is 50.8 Å². The summed E-state index contributed by atoms with van der Waals surface area (Å²) in [6.07, 6.45) is 2.23. The predicted octanol–water partition coefficient (Wildman–Crippen LogP) is 4.39. The second-order valence-electron chi connectivity index (χ2n) is 6.92. The number of hydrogen-bond donors (Lipinski definition) is 1. The monoisotopic (exact) mass is 582 g/mol. The molecule has 33 heavy (non-hydrogen) atoms. The van der Waals surface area contributed by atoms with Crippen LogP contribution < -0.4 is 14.8 Å². The Balaban J connectivity index is 1.70. The Morgan fingerprint density at radius 3 is 2.64 bits per heavy atom. The van der Waals surface area contributed by atoms with Gasteiger partial charge in [-0.25, -0.2) is 0 Å². The van der Waals surface area contributed by atoms with Gasteiger partial charge in [0, 0.05) is 25.9 Å². The van der Waals surface area contributed by atoms with Gasteiger partial charge in [-0.15, -0.1) is 0 Å². The molecule has 10 heteroatoms. The van der Waals surface area contributed by atoms with Crippen LogP contribution in [-0.2, 0) is 14.3 Å². The third-order valence-electron chi connectivity index (χ3n) is 4.56. The fraction of sp³-hybridized carbons (Fsp3) is 0.261. The normalized spacial score (nSPS) is 14.6. The van der Waals surface area contributed by atoms with Crippen LogP contribution in [-0.4, -0.2) is 55.9 Å². The molecular weight excluding hydrogens is 559 g/mol. The molecule has 0 radical (unpaired) electrons. The largest absolute Gasteiger partial charge is 0.493 e. The van der Waals surface area contributed by atoms with Crippen molar-refractivity contribution >= 4 is 63.2 Å². The average molecular weight is 582 g/mol. The maximum atomic E-state index is 12.6. The highest BCUT2D eigenvalue weighted by Crippen LogP contribution is 2.37. The molecule has 174 valence electrons. The first kappa shape index (κ1) is 25.1. The lowest BCUT2D eigenvalue weighted by Crippen LogP contribution is -2.29. The summed E-state index contributed by atoms with van der Waals surface area (Å²) in [5.74, 6) is 0.212. The van der Waals surface area contributed by atoms with Crippen LogP contribution in [0.1, 0.15) is 12.0 Å². The zero-order valence-corrected chi connectivity index (χ0v) is 21.1. The van der Waals surface area contributed by atoms with E-state index in [1.807, 2.05) is 18.2 Å². The number of carbonyl (C=O) groups excluding carboxylic acids is 3. The molecule has 0 atom stereocenters. The number of nitrogens with zero attached hydrogens (tertiary/aromatic N) is 1. The fourth-order valence-electron chi connectivity index (χ4n) is 3.03. The highest BCUT2D eigenvalue weighted by molar-refractivity contribution is 14.1. The van der Waals surface area contributed by atoms with E-state index in [1.165, 1.54) is 12.0 Å². The highest BCUT2D eigenvalue weighted by atomic mass is 127. The second kappa shape index (κ2) is 12.1. The van der Waals surface area contributed by atoms with Crippen LogP contribution in [0.15, 0.2) is 47.4 Å². The van der Waals surface area contributed by atoms with Gasteiger partial charge < -0.3 is 19.5 Å². The molecular formula is C23H23IN2O6S. The van der Waals surface area contributed by atoms with Crippen molar-refractivity contribution in [2.24, 2.45) is 0 Å². The SMILES string of the molecule is COCCCN1C(=O)S/C(=C/c2cc(I)c(OCC(=O)Nc3ccccc3)c(OC)c2)C1=O. The first-order chi connectivity index (χ1) is 15.9. The Morgan fingerprint density at radius 1 is 1.18 bits per heavy atom. The van der Waals surface area contributed by atoms with Crippen LogP contribution in [0, 0.1) is 3.57 Å². The molecule has 0 aromatic heterocycles. The van der Waals surface area contributed by atoms with Gasteiger partial charge in [-0.3, -0.25) is 19.3 Å². The zero-order chi connectivity index (χ0) is 23.8. The van der Waals surface area contributed by atoms with Crippen LogP contribution >= 0.6 is 34.4 Å². The Bertz CT molecular complexity index is 1060. The number of anilines is 1. The molecule has 1 heterocycles. The maximum absolute atomic E-state index is 12.6. The average Bonchev–Trinajstić information content (AvgIpc) is 3.06. The van der Waals surface area contributed by atoms with Crippen LogP contribution in [0.2, 0.25) is 0 Å². The molecule has 0 unspecified atom stereocenters. The Labute approximate surface area is 209 Å². The predicted molar refractivity (Wildman–Crippen MR) is 135 cm³/mol. The molecule has 3 amide bonds. The summed E-state index contributed by atoms with van der Waals surface area (Å²) < 4.78 is 16.8. The van der Waals surface area contributed by atoms with Crippen molar-refractivity contribution in [1.82, 2.24) is 4.90 Å². The maximum Gasteiger partial charge on any atom is 0.293 e. The fourth-order valence-corrected chi connectivity index (χ4v) is 4.68. The van der Waals surface area contributed by atoms with E-state index in [1.54, 1.807) is 37.5 Å². The van der Waals surface area contributed by atoms with E-state index >= 15 is 0 Å². The van der Waals surface area contributed by atoms with Crippen molar-refractivity contribution < 1.29 is 28.6 Å². The molecule has 1 saturated heterocycles. The summed E-state index contributed by atoms with van der Waals surface area (Å²) in [5.41, 5.74) is 1.36. The van der Waals surface area contributed by atoms with Crippen LogP contribution in [0.4, 0.5) is 10.5 Å². The van der Waals surface area contributed by atoms with E-state index in [9.17, 15) is 14.4 Å². The van der Waals surface area contributed by atoms with Crippen molar-refractivity contribution in [1.29, 1.82) is 0 Å². The minimum Gasteiger partial charge on any atom is -0.493 e. The van der Waals surface area contributed by atoms with Crippen LogP contribution in [0.3, 0.4) is 0 Å². The number of benzene rings is 2. The molecule has 0 saturated carbocycles. The number of rotatable bonds is 10. The number of thioether (sulfide) groups is 1. The lowest BCUT2D eigenvalue weighted by atomic mass is 10.2. The van der Waals surface area contributed by atoms with E-state index in [-0.39, 0.29) is 23.7 Å². The number of ether oxygens (including phenoxy) is 3. The standard InChI is InChI=1S/C23H23IN2O6S/c1-30-10-6-9-26-22(28)19(33-23(26)29)13-15-11-17(24)21(18(12-15)31-2)32-14-20(27)25-16-7-4-3-5-8-16/h3-5,7-8,11-13H,6,9-10,14H2,1-2H3,(H,25,27)/b19-13+. The summed E-state index contributed by atoms with van der Waals surface area (Å²) in [7, 11) is 3.07. The lowest BCUT2D eigenvalue weighted by Gasteiger charge is -2.14.